The predicted octanol–water partition coefficient (Wildman–Crippen LogP) is 13.7. The summed E-state index contributed by atoms with van der Waals surface area (Å²) in [6.45, 7) is 16.0. The molecule has 11 rings (SSSR count). The van der Waals surface area contributed by atoms with Gasteiger partial charge in [0, 0.05) is 32.5 Å². The van der Waals surface area contributed by atoms with Crippen LogP contribution in [0.2, 0.25) is 0 Å². The fourth-order valence-electron chi connectivity index (χ4n) is 8.80. The lowest BCUT2D eigenvalue weighted by Crippen LogP contribution is -1.99. The van der Waals surface area contributed by atoms with Crippen molar-refractivity contribution in [3.8, 4) is 28.2 Å². The van der Waals surface area contributed by atoms with Gasteiger partial charge in [0.1, 0.15) is 0 Å². The largest absolute Gasteiger partial charge is 0.319 e. The van der Waals surface area contributed by atoms with Gasteiger partial charge in [-0.15, -0.1) is 0 Å². The van der Waals surface area contributed by atoms with Crippen molar-refractivity contribution >= 4 is 76.8 Å². The van der Waals surface area contributed by atoms with Gasteiger partial charge in [-0.05, 0) is 77.7 Å². The molecule has 0 fully saturated rings. The van der Waals surface area contributed by atoms with Gasteiger partial charge in [0.05, 0.1) is 63.3 Å². The van der Waals surface area contributed by atoms with Crippen molar-refractivity contribution in [1.82, 2.24) is 13.7 Å². The van der Waals surface area contributed by atoms with Crippen molar-refractivity contribution in [2.24, 2.45) is 0 Å². The number of benzene rings is 8. The van der Waals surface area contributed by atoms with Gasteiger partial charge in [0.25, 0.3) is 0 Å². The van der Waals surface area contributed by atoms with Crippen LogP contribution in [-0.4, -0.2) is 13.7 Å². The Balaban J connectivity index is 1.14. The summed E-state index contributed by atoms with van der Waals surface area (Å²) in [5, 5.41) is 6.88. The molecule has 0 unspecified atom stereocenters. The molecule has 5 nitrogen and oxygen atoms in total. The van der Waals surface area contributed by atoms with Crippen molar-refractivity contribution in [2.75, 3.05) is 0 Å². The van der Waals surface area contributed by atoms with Crippen LogP contribution >= 0.6 is 0 Å². The van der Waals surface area contributed by atoms with Crippen molar-refractivity contribution < 1.29 is 0 Å². The lowest BCUT2D eigenvalue weighted by molar-refractivity contribution is 1.17. The van der Waals surface area contributed by atoms with Crippen LogP contribution in [0.4, 0.5) is 11.4 Å². The van der Waals surface area contributed by atoms with E-state index in [1.165, 1.54) is 32.6 Å². The van der Waals surface area contributed by atoms with Gasteiger partial charge in [0.2, 0.25) is 5.69 Å². The second-order valence-corrected chi connectivity index (χ2v) is 13.9. The van der Waals surface area contributed by atoms with E-state index < -0.39 is 0 Å². The summed E-state index contributed by atoms with van der Waals surface area (Å²) in [4.78, 5) is 7.80. The quantitative estimate of drug-likeness (QED) is 0.163. The van der Waals surface area contributed by atoms with E-state index >= 15 is 0 Å². The molecule has 0 amide bonds. The third-order valence-electron chi connectivity index (χ3n) is 11.1. The molecule has 0 radical (unpaired) electrons. The second-order valence-electron chi connectivity index (χ2n) is 13.9. The molecule has 0 aliphatic carbocycles. The molecule has 8 aromatic carbocycles. The highest BCUT2D eigenvalue weighted by atomic mass is 15.0. The Morgan fingerprint density at radius 1 is 0.345 bits per heavy atom. The summed E-state index contributed by atoms with van der Waals surface area (Å²) in [6.07, 6.45) is 0. The number of hydrogen-bond acceptors (Lipinski definition) is 0. The molecule has 0 atom stereocenters. The Morgan fingerprint density at radius 3 is 1.53 bits per heavy atom. The summed E-state index contributed by atoms with van der Waals surface area (Å²) in [6, 6.07) is 61.3. The fraction of sp³-hybridized carbons (Fsp3) is 0. The number of rotatable bonds is 4. The van der Waals surface area contributed by atoms with Crippen LogP contribution in [0.5, 0.6) is 0 Å². The van der Waals surface area contributed by atoms with Crippen molar-refractivity contribution in [3.05, 3.63) is 199 Å². The zero-order chi connectivity index (χ0) is 36.6. The van der Waals surface area contributed by atoms with E-state index in [0.29, 0.717) is 11.4 Å². The maximum absolute atomic E-state index is 8.41. The molecule has 0 N–H and O–H groups in total. The SMILES string of the molecule is [C-]#[N+]c1ccc2c(c1)c1ccccc1n2-c1ccc(-c2ccccc2-n2c3ccccc3c3c(-n4c5ccccc5c5ccccc54)cccc32)cc1[N+]#[C-]. The highest BCUT2D eigenvalue weighted by Crippen LogP contribution is 2.43. The monoisotopic (exact) mass is 699 g/mol. The topological polar surface area (TPSA) is 23.5 Å². The lowest BCUT2D eigenvalue weighted by Gasteiger charge is -2.16. The molecule has 0 bridgehead atoms. The molecular weight excluding hydrogens is 671 g/mol. The summed E-state index contributed by atoms with van der Waals surface area (Å²) in [5.74, 6) is 0. The van der Waals surface area contributed by atoms with E-state index in [0.717, 1.165) is 61.0 Å². The molecule has 0 aliphatic rings. The van der Waals surface area contributed by atoms with E-state index in [-0.39, 0.29) is 0 Å². The number of aromatic nitrogens is 3. The van der Waals surface area contributed by atoms with Crippen LogP contribution in [0, 0.1) is 13.1 Å². The Kier molecular flexibility index (Phi) is 6.61. The van der Waals surface area contributed by atoms with E-state index in [1.807, 2.05) is 36.4 Å². The highest BCUT2D eigenvalue weighted by Gasteiger charge is 2.22. The molecule has 55 heavy (non-hydrogen) atoms. The second kappa shape index (κ2) is 11.8. The van der Waals surface area contributed by atoms with Gasteiger partial charge >= 0.3 is 0 Å². The third-order valence-corrected chi connectivity index (χ3v) is 11.1. The van der Waals surface area contributed by atoms with E-state index in [2.05, 4.69) is 163 Å². The smallest absolute Gasteiger partial charge is 0.211 e. The first-order chi connectivity index (χ1) is 27.2. The molecule has 0 spiro atoms. The molecule has 5 heteroatoms. The van der Waals surface area contributed by atoms with E-state index in [9.17, 15) is 0 Å². The Hall–Kier alpha value is -7.86. The van der Waals surface area contributed by atoms with E-state index in [4.69, 9.17) is 13.1 Å². The van der Waals surface area contributed by atoms with Crippen molar-refractivity contribution in [2.45, 2.75) is 0 Å². The van der Waals surface area contributed by atoms with Gasteiger partial charge in [-0.1, -0.05) is 109 Å². The average molecular weight is 700 g/mol. The number of fused-ring (bicyclic) bond motifs is 9. The van der Waals surface area contributed by atoms with Gasteiger partial charge in [-0.3, -0.25) is 0 Å². The van der Waals surface area contributed by atoms with Crippen molar-refractivity contribution in [1.29, 1.82) is 0 Å². The Morgan fingerprint density at radius 2 is 0.855 bits per heavy atom. The Bertz CT molecular complexity index is 3420. The first kappa shape index (κ1) is 30.7. The predicted molar refractivity (Wildman–Crippen MR) is 227 cm³/mol. The molecule has 0 saturated carbocycles. The standard InChI is InChI=1S/C50H29N5/c1-51-33-27-29-46-39(31-33)37-17-6-11-22-44(37)53(46)47-28-26-32(30-40(47)52-2)34-14-3-8-19-41(34)54-45-23-12-7-18-38(45)50-48(54)24-13-25-49(50)55-42-20-9-4-15-35(42)36-16-5-10-21-43(36)55/h3-31H. The lowest BCUT2D eigenvalue weighted by atomic mass is 10.0. The van der Waals surface area contributed by atoms with Crippen LogP contribution in [0.1, 0.15) is 0 Å². The maximum Gasteiger partial charge on any atom is 0.211 e. The normalized spacial score (nSPS) is 11.6. The molecule has 254 valence electrons. The first-order valence-electron chi connectivity index (χ1n) is 18.3. The minimum Gasteiger partial charge on any atom is -0.319 e. The molecule has 3 aromatic heterocycles. The number of hydrogen-bond donors (Lipinski definition) is 0. The van der Waals surface area contributed by atoms with Gasteiger partial charge in [-0.25, -0.2) is 9.69 Å². The Labute approximate surface area is 316 Å². The van der Waals surface area contributed by atoms with Crippen LogP contribution < -0.4 is 0 Å². The van der Waals surface area contributed by atoms with Crippen molar-refractivity contribution in [3.63, 3.8) is 0 Å². The zero-order valence-electron chi connectivity index (χ0n) is 29.5. The van der Waals surface area contributed by atoms with E-state index in [1.54, 1.807) is 0 Å². The zero-order valence-corrected chi connectivity index (χ0v) is 29.5. The fourth-order valence-corrected chi connectivity index (χ4v) is 8.80. The molecule has 3 heterocycles. The highest BCUT2D eigenvalue weighted by molar-refractivity contribution is 6.17. The summed E-state index contributed by atoms with van der Waals surface area (Å²) < 4.78 is 6.95. The van der Waals surface area contributed by atoms with Gasteiger partial charge in [-0.2, -0.15) is 0 Å². The van der Waals surface area contributed by atoms with Crippen LogP contribution in [0.25, 0.3) is 103 Å². The molecule has 11 aromatic rings. The maximum atomic E-state index is 8.41. The minimum absolute atomic E-state index is 0.556. The molecular formula is C50H29N5. The summed E-state index contributed by atoms with van der Waals surface area (Å²) >= 11 is 0. The van der Waals surface area contributed by atoms with Crippen LogP contribution in [0.3, 0.4) is 0 Å². The average Bonchev–Trinajstić information content (AvgIpc) is 3.89. The summed E-state index contributed by atoms with van der Waals surface area (Å²) in [7, 11) is 0. The van der Waals surface area contributed by atoms with Gasteiger partial charge < -0.3 is 13.7 Å². The molecule has 0 saturated heterocycles. The van der Waals surface area contributed by atoms with Crippen LogP contribution in [0.15, 0.2) is 176 Å². The number of nitrogens with zero attached hydrogens (tertiary/aromatic N) is 5. The van der Waals surface area contributed by atoms with Gasteiger partial charge in [0.15, 0.2) is 5.69 Å². The first-order valence-corrected chi connectivity index (χ1v) is 18.3. The number of para-hydroxylation sites is 5. The summed E-state index contributed by atoms with van der Waals surface area (Å²) in [5.41, 5.74) is 12.7. The van der Waals surface area contributed by atoms with Crippen LogP contribution in [-0.2, 0) is 0 Å². The molecule has 0 aliphatic heterocycles. The third kappa shape index (κ3) is 4.39. The minimum atomic E-state index is 0.556.